The Morgan fingerprint density at radius 3 is 1.97 bits per heavy atom. The molecule has 9 heteroatoms. The third-order valence-electron chi connectivity index (χ3n) is 5.60. The van der Waals surface area contributed by atoms with Gasteiger partial charge in [-0.1, -0.05) is 28.1 Å². The molecule has 1 saturated heterocycles. The number of carbonyl (C=O) groups is 1. The van der Waals surface area contributed by atoms with Gasteiger partial charge in [-0.15, -0.1) is 12.4 Å². The molecular formula is C24H32BrClN2O5. The average Bonchev–Trinajstić information content (AvgIpc) is 2.81. The third kappa shape index (κ3) is 6.76. The van der Waals surface area contributed by atoms with E-state index in [2.05, 4.69) is 25.7 Å². The Labute approximate surface area is 210 Å². The Morgan fingerprint density at radius 2 is 1.45 bits per heavy atom. The highest BCUT2D eigenvalue weighted by Crippen LogP contribution is 2.40. The molecule has 0 saturated carbocycles. The van der Waals surface area contributed by atoms with Crippen molar-refractivity contribution in [2.75, 3.05) is 54.1 Å². The maximum absolute atomic E-state index is 11.9. The van der Waals surface area contributed by atoms with Crippen molar-refractivity contribution >= 4 is 34.3 Å². The zero-order chi connectivity index (χ0) is 23.1. The number of hydrogen-bond acceptors (Lipinski definition) is 7. The van der Waals surface area contributed by atoms with Gasteiger partial charge in [-0.25, -0.2) is 4.79 Å². The summed E-state index contributed by atoms with van der Waals surface area (Å²) in [4.78, 5) is 16.8. The monoisotopic (exact) mass is 542 g/mol. The zero-order valence-corrected chi connectivity index (χ0v) is 22.0. The number of methoxy groups -OCH3 is 3. The Kier molecular flexibility index (Phi) is 10.8. The maximum atomic E-state index is 11.9. The molecule has 2 aromatic carbocycles. The van der Waals surface area contributed by atoms with Crippen LogP contribution in [-0.2, 0) is 17.8 Å². The predicted molar refractivity (Wildman–Crippen MR) is 134 cm³/mol. The summed E-state index contributed by atoms with van der Waals surface area (Å²) in [5.41, 5.74) is 2.81. The quantitative estimate of drug-likeness (QED) is 0.435. The van der Waals surface area contributed by atoms with Crippen LogP contribution in [0.1, 0.15) is 28.4 Å². The molecule has 0 atom stereocenters. The fraction of sp³-hybridized carbons (Fsp3) is 0.458. The lowest BCUT2D eigenvalue weighted by atomic mass is 10.1. The van der Waals surface area contributed by atoms with Crippen molar-refractivity contribution in [1.82, 2.24) is 9.80 Å². The number of esters is 1. The average molecular weight is 544 g/mol. The van der Waals surface area contributed by atoms with Crippen LogP contribution < -0.4 is 14.2 Å². The van der Waals surface area contributed by atoms with E-state index >= 15 is 0 Å². The van der Waals surface area contributed by atoms with Crippen molar-refractivity contribution in [2.45, 2.75) is 20.0 Å². The molecule has 1 heterocycles. The first-order chi connectivity index (χ1) is 15.5. The predicted octanol–water partition coefficient (Wildman–Crippen LogP) is 4.39. The summed E-state index contributed by atoms with van der Waals surface area (Å²) in [6.45, 7) is 7.63. The second-order valence-electron chi connectivity index (χ2n) is 7.57. The summed E-state index contributed by atoms with van der Waals surface area (Å²) in [5.74, 6) is 1.72. The van der Waals surface area contributed by atoms with Gasteiger partial charge in [-0.3, -0.25) is 9.80 Å². The largest absolute Gasteiger partial charge is 0.493 e. The Bertz CT molecular complexity index is 935. The van der Waals surface area contributed by atoms with E-state index in [1.54, 1.807) is 21.3 Å². The Hall–Kier alpha value is -2.00. The molecule has 0 aliphatic carbocycles. The number of benzene rings is 2. The van der Waals surface area contributed by atoms with Gasteiger partial charge in [0.1, 0.15) is 0 Å². The minimum absolute atomic E-state index is 0. The van der Waals surface area contributed by atoms with Crippen molar-refractivity contribution in [1.29, 1.82) is 0 Å². The fourth-order valence-corrected chi connectivity index (χ4v) is 4.40. The summed E-state index contributed by atoms with van der Waals surface area (Å²) in [6.07, 6.45) is 0. The summed E-state index contributed by atoms with van der Waals surface area (Å²) in [6, 6.07) is 9.63. The van der Waals surface area contributed by atoms with E-state index in [0.29, 0.717) is 23.7 Å². The van der Waals surface area contributed by atoms with E-state index in [0.717, 1.165) is 60.6 Å². The van der Waals surface area contributed by atoms with Crippen LogP contribution in [0.15, 0.2) is 34.8 Å². The smallest absolute Gasteiger partial charge is 0.338 e. The minimum Gasteiger partial charge on any atom is -0.493 e. The standard InChI is InChI=1S/C24H31BrN2O5.ClH/c1-5-32-24(28)17-6-7-18(20(25)14-17)15-26-10-12-27(13-11-26)16-19-8-9-21(29-2)23(31-4)22(19)30-3;/h6-9,14H,5,10-13,15-16H2,1-4H3;1H. The summed E-state index contributed by atoms with van der Waals surface area (Å²) < 4.78 is 22.5. The van der Waals surface area contributed by atoms with Gasteiger partial charge in [0, 0.05) is 49.3 Å². The number of ether oxygens (including phenoxy) is 4. The van der Waals surface area contributed by atoms with Crippen molar-refractivity contribution in [3.63, 3.8) is 0 Å². The maximum Gasteiger partial charge on any atom is 0.338 e. The van der Waals surface area contributed by atoms with Gasteiger partial charge in [0.15, 0.2) is 11.5 Å². The van der Waals surface area contributed by atoms with Crippen molar-refractivity contribution in [2.24, 2.45) is 0 Å². The Balaban J connectivity index is 0.00000385. The van der Waals surface area contributed by atoms with Crippen LogP contribution in [-0.4, -0.2) is 69.9 Å². The molecule has 0 unspecified atom stereocenters. The van der Waals surface area contributed by atoms with Gasteiger partial charge in [0.05, 0.1) is 33.5 Å². The molecular weight excluding hydrogens is 512 g/mol. The first kappa shape index (κ1) is 27.2. The molecule has 182 valence electrons. The normalized spacial score (nSPS) is 14.3. The van der Waals surface area contributed by atoms with Crippen LogP contribution >= 0.6 is 28.3 Å². The molecule has 2 aromatic rings. The molecule has 1 aliphatic rings. The zero-order valence-electron chi connectivity index (χ0n) is 19.6. The first-order valence-electron chi connectivity index (χ1n) is 10.7. The van der Waals surface area contributed by atoms with Gasteiger partial charge >= 0.3 is 5.97 Å². The highest BCUT2D eigenvalue weighted by atomic mass is 79.9. The van der Waals surface area contributed by atoms with Crippen LogP contribution in [0.4, 0.5) is 0 Å². The number of rotatable bonds is 9. The number of carbonyl (C=O) groups excluding carboxylic acids is 1. The lowest BCUT2D eigenvalue weighted by molar-refractivity contribution is 0.0526. The molecule has 0 amide bonds. The van der Waals surface area contributed by atoms with Crippen LogP contribution in [0.25, 0.3) is 0 Å². The van der Waals surface area contributed by atoms with Crippen molar-refractivity contribution in [3.05, 3.63) is 51.5 Å². The molecule has 33 heavy (non-hydrogen) atoms. The lowest BCUT2D eigenvalue weighted by Crippen LogP contribution is -2.45. The van der Waals surface area contributed by atoms with E-state index in [-0.39, 0.29) is 18.4 Å². The summed E-state index contributed by atoms with van der Waals surface area (Å²) in [7, 11) is 4.91. The van der Waals surface area contributed by atoms with Crippen LogP contribution in [0.2, 0.25) is 0 Å². The highest BCUT2D eigenvalue weighted by Gasteiger charge is 2.22. The number of piperazine rings is 1. The summed E-state index contributed by atoms with van der Waals surface area (Å²) in [5, 5.41) is 0. The highest BCUT2D eigenvalue weighted by molar-refractivity contribution is 9.10. The minimum atomic E-state index is -0.293. The molecule has 0 spiro atoms. The molecule has 3 rings (SSSR count). The van der Waals surface area contributed by atoms with E-state index in [9.17, 15) is 4.79 Å². The summed E-state index contributed by atoms with van der Waals surface area (Å²) >= 11 is 3.61. The number of halogens is 2. The first-order valence-corrected chi connectivity index (χ1v) is 11.5. The molecule has 0 N–H and O–H groups in total. The van der Waals surface area contributed by atoms with Crippen LogP contribution in [0.5, 0.6) is 17.2 Å². The van der Waals surface area contributed by atoms with Crippen molar-refractivity contribution < 1.29 is 23.7 Å². The molecule has 0 aromatic heterocycles. The van der Waals surface area contributed by atoms with E-state index in [1.807, 2.05) is 37.3 Å². The van der Waals surface area contributed by atoms with E-state index < -0.39 is 0 Å². The number of nitrogens with zero attached hydrogens (tertiary/aromatic N) is 2. The fourth-order valence-electron chi connectivity index (χ4n) is 3.89. The molecule has 0 bridgehead atoms. The molecule has 1 aliphatic heterocycles. The van der Waals surface area contributed by atoms with Gasteiger partial charge in [0.2, 0.25) is 5.75 Å². The molecule has 7 nitrogen and oxygen atoms in total. The van der Waals surface area contributed by atoms with Gasteiger partial charge in [0.25, 0.3) is 0 Å². The van der Waals surface area contributed by atoms with Gasteiger partial charge < -0.3 is 18.9 Å². The lowest BCUT2D eigenvalue weighted by Gasteiger charge is -2.35. The van der Waals surface area contributed by atoms with Gasteiger partial charge in [-0.05, 0) is 30.7 Å². The van der Waals surface area contributed by atoms with Crippen molar-refractivity contribution in [3.8, 4) is 17.2 Å². The van der Waals surface area contributed by atoms with Crippen LogP contribution in [0, 0.1) is 0 Å². The molecule has 0 radical (unpaired) electrons. The van der Waals surface area contributed by atoms with Crippen LogP contribution in [0.3, 0.4) is 0 Å². The topological polar surface area (TPSA) is 60.5 Å². The van der Waals surface area contributed by atoms with E-state index in [1.165, 1.54) is 0 Å². The number of hydrogen-bond donors (Lipinski definition) is 0. The van der Waals surface area contributed by atoms with Gasteiger partial charge in [-0.2, -0.15) is 0 Å². The molecule has 1 fully saturated rings. The second-order valence-corrected chi connectivity index (χ2v) is 8.43. The Morgan fingerprint density at radius 1 is 0.879 bits per heavy atom. The SMILES string of the molecule is CCOC(=O)c1ccc(CN2CCN(Cc3ccc(OC)c(OC)c3OC)CC2)c(Br)c1.Cl. The third-order valence-corrected chi connectivity index (χ3v) is 6.34. The second kappa shape index (κ2) is 13.0. The van der Waals surface area contributed by atoms with E-state index in [4.69, 9.17) is 18.9 Å².